The van der Waals surface area contributed by atoms with E-state index < -0.39 is 18.1 Å². The van der Waals surface area contributed by atoms with Crippen molar-refractivity contribution in [2.45, 2.75) is 6.18 Å². The van der Waals surface area contributed by atoms with E-state index in [1.54, 1.807) is 12.1 Å². The van der Waals surface area contributed by atoms with Gasteiger partial charge in [-0.2, -0.15) is 13.2 Å². The van der Waals surface area contributed by atoms with Crippen LogP contribution in [0.4, 0.5) is 18.9 Å². The Morgan fingerprint density at radius 3 is 2.19 bits per heavy atom. The molecule has 37 heavy (non-hydrogen) atoms. The molecular formula is C26H22ClF3N2O5. The SMILES string of the molecule is CN(C)c1ccc2c(-c3ccccc3C(=O)O)c3ccc(=[N+](C)C)c(Cl)c-3oc2c1.O=C([O-])C(F)(F)F. The Morgan fingerprint density at radius 2 is 1.65 bits per heavy atom. The zero-order valence-corrected chi connectivity index (χ0v) is 20.9. The van der Waals surface area contributed by atoms with Crippen LogP contribution in [0.15, 0.2) is 59.0 Å². The summed E-state index contributed by atoms with van der Waals surface area (Å²) in [5.74, 6) is -3.46. The van der Waals surface area contributed by atoms with Gasteiger partial charge in [0, 0.05) is 48.4 Å². The van der Waals surface area contributed by atoms with Crippen molar-refractivity contribution < 1.29 is 37.4 Å². The summed E-state index contributed by atoms with van der Waals surface area (Å²) in [4.78, 5) is 22.7. The molecule has 194 valence electrons. The number of halogens is 4. The van der Waals surface area contributed by atoms with E-state index in [9.17, 15) is 23.1 Å². The van der Waals surface area contributed by atoms with Gasteiger partial charge in [0.1, 0.15) is 25.6 Å². The lowest BCUT2D eigenvalue weighted by Gasteiger charge is -2.19. The minimum absolute atomic E-state index is 0.232. The maximum atomic E-state index is 12.0. The van der Waals surface area contributed by atoms with Crippen molar-refractivity contribution in [2.75, 3.05) is 33.1 Å². The molecule has 0 radical (unpaired) electrons. The van der Waals surface area contributed by atoms with E-state index in [4.69, 9.17) is 25.9 Å². The molecule has 0 spiro atoms. The molecule has 0 saturated heterocycles. The number of alkyl halides is 3. The predicted octanol–water partition coefficient (Wildman–Crippen LogP) is 3.95. The van der Waals surface area contributed by atoms with Crippen molar-refractivity contribution >= 4 is 40.2 Å². The summed E-state index contributed by atoms with van der Waals surface area (Å²) < 4.78 is 39.8. The van der Waals surface area contributed by atoms with E-state index in [-0.39, 0.29) is 5.56 Å². The smallest absolute Gasteiger partial charge is 0.430 e. The van der Waals surface area contributed by atoms with Crippen LogP contribution in [0.5, 0.6) is 0 Å². The van der Waals surface area contributed by atoms with Gasteiger partial charge >= 0.3 is 12.1 Å². The van der Waals surface area contributed by atoms with E-state index in [2.05, 4.69) is 0 Å². The zero-order chi connectivity index (χ0) is 27.7. The maximum absolute atomic E-state index is 12.0. The quantitative estimate of drug-likeness (QED) is 0.316. The molecule has 7 nitrogen and oxygen atoms in total. The Morgan fingerprint density at radius 1 is 1.03 bits per heavy atom. The standard InChI is InChI=1S/C24H21ClN2O3.C2HF3O2/c1-26(2)14-9-10-17-20(13-14)30-23-18(11-12-19(22(23)25)27(3)4)21(17)15-7-5-6-8-16(15)24(28)29;3-2(4,5)1(6)7/h5-13H,1-4H3;(H,6,7). The average Bonchev–Trinajstić information content (AvgIpc) is 2.82. The number of carbonyl (C=O) groups is 2. The molecule has 1 N–H and O–H groups in total. The van der Waals surface area contributed by atoms with E-state index >= 15 is 0 Å². The molecule has 11 heteroatoms. The largest absolute Gasteiger partial charge is 0.542 e. The van der Waals surface area contributed by atoms with Gasteiger partial charge in [-0.25, -0.2) is 9.37 Å². The van der Waals surface area contributed by atoms with Gasteiger partial charge in [-0.05, 0) is 29.8 Å². The number of fused-ring (bicyclic) bond motifs is 2. The second-order valence-corrected chi connectivity index (χ2v) is 8.74. The lowest BCUT2D eigenvalue weighted by atomic mass is 9.90. The second-order valence-electron chi connectivity index (χ2n) is 8.36. The Balaban J connectivity index is 0.000000479. The molecule has 4 rings (SSSR count). The third-order valence-corrected chi connectivity index (χ3v) is 5.81. The molecule has 1 heterocycles. The van der Waals surface area contributed by atoms with Gasteiger partial charge in [0.25, 0.3) is 0 Å². The van der Waals surface area contributed by atoms with Crippen LogP contribution in [0.3, 0.4) is 0 Å². The average molecular weight is 535 g/mol. The van der Waals surface area contributed by atoms with Crippen LogP contribution in [-0.4, -0.2) is 51.4 Å². The molecule has 2 aliphatic rings. The van der Waals surface area contributed by atoms with Crippen molar-refractivity contribution in [3.05, 3.63) is 70.5 Å². The Bertz CT molecular complexity index is 1540. The van der Waals surface area contributed by atoms with Gasteiger partial charge in [-0.15, -0.1) is 0 Å². The Hall–Kier alpha value is -4.05. The normalized spacial score (nSPS) is 11.1. The van der Waals surface area contributed by atoms with Gasteiger partial charge < -0.3 is 24.3 Å². The maximum Gasteiger partial charge on any atom is 0.430 e. The molecule has 0 saturated carbocycles. The van der Waals surface area contributed by atoms with Crippen molar-refractivity contribution in [1.29, 1.82) is 0 Å². The molecule has 0 amide bonds. The molecule has 0 unspecified atom stereocenters. The van der Waals surface area contributed by atoms with E-state index in [0.29, 0.717) is 21.9 Å². The third kappa shape index (κ3) is 5.69. The Labute approximate surface area is 214 Å². The number of benzene rings is 3. The summed E-state index contributed by atoms with van der Waals surface area (Å²) >= 11 is 6.74. The monoisotopic (exact) mass is 534 g/mol. The van der Waals surface area contributed by atoms with E-state index in [1.165, 1.54) is 0 Å². The molecule has 2 aromatic rings. The first kappa shape index (κ1) is 27.5. The summed E-state index contributed by atoms with van der Waals surface area (Å²) in [6.07, 6.45) is -5.19. The molecular weight excluding hydrogens is 513 g/mol. The van der Waals surface area contributed by atoms with Crippen LogP contribution >= 0.6 is 11.6 Å². The highest BCUT2D eigenvalue weighted by Gasteiger charge is 2.29. The number of aliphatic carboxylic acids is 1. The van der Waals surface area contributed by atoms with Crippen molar-refractivity contribution in [3.63, 3.8) is 0 Å². The van der Waals surface area contributed by atoms with Crippen LogP contribution in [0.2, 0.25) is 5.02 Å². The summed E-state index contributed by atoms with van der Waals surface area (Å²) in [5, 5.41) is 20.7. The van der Waals surface area contributed by atoms with Gasteiger partial charge in [0.2, 0.25) is 5.36 Å². The molecule has 1 aliphatic carbocycles. The summed E-state index contributed by atoms with van der Waals surface area (Å²) in [7, 11) is 7.75. The number of aromatic carboxylic acids is 1. The van der Waals surface area contributed by atoms with E-state index in [1.807, 2.05) is 80.1 Å². The first-order valence-corrected chi connectivity index (χ1v) is 11.1. The zero-order valence-electron chi connectivity index (χ0n) is 20.2. The molecule has 2 aromatic carbocycles. The third-order valence-electron chi connectivity index (χ3n) is 5.45. The van der Waals surface area contributed by atoms with Gasteiger partial charge in [-0.1, -0.05) is 29.8 Å². The Kier molecular flexibility index (Phi) is 7.83. The fourth-order valence-electron chi connectivity index (χ4n) is 3.70. The van der Waals surface area contributed by atoms with Crippen LogP contribution in [0.1, 0.15) is 10.4 Å². The van der Waals surface area contributed by atoms with Gasteiger partial charge in [0.05, 0.1) is 5.56 Å². The molecule has 0 atom stereocenters. The first-order valence-electron chi connectivity index (χ1n) is 10.7. The first-order chi connectivity index (χ1) is 17.2. The second kappa shape index (κ2) is 10.5. The molecule has 0 bridgehead atoms. The van der Waals surface area contributed by atoms with Crippen LogP contribution < -0.4 is 19.9 Å². The lowest BCUT2D eigenvalue weighted by Crippen LogP contribution is -2.37. The highest BCUT2D eigenvalue weighted by atomic mass is 35.5. The lowest BCUT2D eigenvalue weighted by molar-refractivity contribution is -0.344. The number of carboxylic acids is 2. The van der Waals surface area contributed by atoms with Gasteiger partial charge in [0.15, 0.2) is 10.8 Å². The van der Waals surface area contributed by atoms with E-state index in [0.717, 1.165) is 27.6 Å². The minimum atomic E-state index is -5.19. The number of hydrogen-bond acceptors (Lipinski definition) is 5. The van der Waals surface area contributed by atoms with Crippen LogP contribution in [0.25, 0.3) is 33.4 Å². The van der Waals surface area contributed by atoms with Crippen molar-refractivity contribution in [3.8, 4) is 22.5 Å². The highest BCUT2D eigenvalue weighted by Crippen LogP contribution is 2.43. The predicted molar refractivity (Wildman–Crippen MR) is 133 cm³/mol. The van der Waals surface area contributed by atoms with Gasteiger partial charge in [-0.3, -0.25) is 0 Å². The summed E-state index contributed by atoms with van der Waals surface area (Å²) in [5.41, 5.74) is 4.04. The van der Waals surface area contributed by atoms with Crippen molar-refractivity contribution in [1.82, 2.24) is 4.58 Å². The number of anilines is 1. The molecule has 0 fully saturated rings. The van der Waals surface area contributed by atoms with Crippen molar-refractivity contribution in [2.24, 2.45) is 0 Å². The molecule has 0 aromatic heterocycles. The number of rotatable bonds is 3. The highest BCUT2D eigenvalue weighted by molar-refractivity contribution is 6.33. The topological polar surface area (TPSA) is 96.8 Å². The minimum Gasteiger partial charge on any atom is -0.542 e. The number of carboxylic acid groups (broad SMARTS) is 2. The number of nitrogens with zero attached hydrogens (tertiary/aromatic N) is 2. The number of hydrogen-bond donors (Lipinski definition) is 1. The fourth-order valence-corrected chi connectivity index (χ4v) is 4.07. The summed E-state index contributed by atoms with van der Waals surface area (Å²) in [6.45, 7) is 0. The summed E-state index contributed by atoms with van der Waals surface area (Å²) in [6, 6.07) is 16.8. The number of carbonyl (C=O) groups excluding carboxylic acids is 1. The fraction of sp³-hybridized carbons (Fsp3) is 0.192. The van der Waals surface area contributed by atoms with Crippen LogP contribution in [-0.2, 0) is 4.79 Å². The van der Waals surface area contributed by atoms with Crippen LogP contribution in [0, 0.1) is 0 Å². The molecule has 1 aliphatic heterocycles.